The monoisotopic (exact) mass is 276 g/mol. The fourth-order valence-corrected chi connectivity index (χ4v) is 4.28. The predicted molar refractivity (Wildman–Crippen MR) is 71.6 cm³/mol. The third-order valence-electron chi connectivity index (χ3n) is 3.82. The topological polar surface area (TPSA) is 55.9 Å². The Morgan fingerprint density at radius 2 is 1.78 bits per heavy atom. The highest BCUT2D eigenvalue weighted by molar-refractivity contribution is 7.86. The predicted octanol–water partition coefficient (Wildman–Crippen LogP) is -0.838. The molecule has 0 bridgehead atoms. The first-order valence-corrected chi connectivity index (χ1v) is 8.04. The van der Waals surface area contributed by atoms with Gasteiger partial charge in [0.1, 0.15) is 0 Å². The summed E-state index contributed by atoms with van der Waals surface area (Å²) in [7, 11) is 0.787. The van der Waals surface area contributed by atoms with E-state index in [-0.39, 0.29) is 0 Å². The number of piperidine rings is 1. The van der Waals surface area contributed by atoms with E-state index >= 15 is 0 Å². The molecule has 2 heterocycles. The summed E-state index contributed by atoms with van der Waals surface area (Å²) in [5, 5.41) is 3.18. The largest absolute Gasteiger partial charge is 0.314 e. The SMILES string of the molecule is CN(C)C1CCCN(S(=O)(=O)N2CCNCC2)C1. The summed E-state index contributed by atoms with van der Waals surface area (Å²) in [6, 6.07) is 0.344. The first-order chi connectivity index (χ1) is 8.51. The summed E-state index contributed by atoms with van der Waals surface area (Å²) >= 11 is 0. The second-order valence-corrected chi connectivity index (χ2v) is 7.20. The van der Waals surface area contributed by atoms with E-state index in [0.717, 1.165) is 25.9 Å². The van der Waals surface area contributed by atoms with Crippen molar-refractivity contribution in [3.8, 4) is 0 Å². The van der Waals surface area contributed by atoms with E-state index in [1.54, 1.807) is 8.61 Å². The maximum Gasteiger partial charge on any atom is 0.282 e. The molecule has 106 valence electrons. The van der Waals surface area contributed by atoms with Gasteiger partial charge in [-0.1, -0.05) is 0 Å². The van der Waals surface area contributed by atoms with Crippen molar-refractivity contribution in [3.63, 3.8) is 0 Å². The third-order valence-corrected chi connectivity index (χ3v) is 5.82. The molecular formula is C11H24N4O2S. The molecule has 0 aromatic rings. The highest BCUT2D eigenvalue weighted by atomic mass is 32.2. The molecule has 0 aromatic carbocycles. The first-order valence-electron chi connectivity index (χ1n) is 6.64. The van der Waals surface area contributed by atoms with Crippen LogP contribution in [0, 0.1) is 0 Å². The van der Waals surface area contributed by atoms with Crippen molar-refractivity contribution in [2.45, 2.75) is 18.9 Å². The van der Waals surface area contributed by atoms with Crippen molar-refractivity contribution in [1.29, 1.82) is 0 Å². The van der Waals surface area contributed by atoms with E-state index < -0.39 is 10.2 Å². The van der Waals surface area contributed by atoms with Crippen molar-refractivity contribution < 1.29 is 8.42 Å². The minimum atomic E-state index is -3.25. The van der Waals surface area contributed by atoms with Gasteiger partial charge in [-0.25, -0.2) is 0 Å². The lowest BCUT2D eigenvalue weighted by Crippen LogP contribution is -2.55. The van der Waals surface area contributed by atoms with E-state index in [4.69, 9.17) is 0 Å². The van der Waals surface area contributed by atoms with Crippen LogP contribution in [0.3, 0.4) is 0 Å². The Kier molecular flexibility index (Phi) is 4.60. The Bertz CT molecular complexity index is 365. The Balaban J connectivity index is 2.04. The molecule has 1 unspecified atom stereocenters. The Hall–Kier alpha value is -0.210. The van der Waals surface area contributed by atoms with Crippen LogP contribution >= 0.6 is 0 Å². The average Bonchev–Trinajstić information content (AvgIpc) is 2.40. The van der Waals surface area contributed by atoms with E-state index in [9.17, 15) is 8.42 Å². The molecule has 0 radical (unpaired) electrons. The number of nitrogens with zero attached hydrogens (tertiary/aromatic N) is 3. The summed E-state index contributed by atoms with van der Waals surface area (Å²) in [6.45, 7) is 3.97. The number of piperazine rings is 1. The van der Waals surface area contributed by atoms with Gasteiger partial charge in [0.15, 0.2) is 0 Å². The Labute approximate surface area is 110 Å². The van der Waals surface area contributed by atoms with E-state index in [1.807, 2.05) is 14.1 Å². The summed E-state index contributed by atoms with van der Waals surface area (Å²) in [5.74, 6) is 0. The minimum Gasteiger partial charge on any atom is -0.314 e. The first kappa shape index (κ1) is 14.2. The number of hydrogen-bond acceptors (Lipinski definition) is 4. The van der Waals surface area contributed by atoms with Gasteiger partial charge in [0, 0.05) is 45.3 Å². The quantitative estimate of drug-likeness (QED) is 0.730. The molecule has 18 heavy (non-hydrogen) atoms. The van der Waals surface area contributed by atoms with Crippen molar-refractivity contribution in [1.82, 2.24) is 18.8 Å². The van der Waals surface area contributed by atoms with Crippen LogP contribution in [0.15, 0.2) is 0 Å². The zero-order valence-electron chi connectivity index (χ0n) is 11.3. The molecule has 0 amide bonds. The van der Waals surface area contributed by atoms with Gasteiger partial charge in [0.2, 0.25) is 0 Å². The molecule has 0 spiro atoms. The van der Waals surface area contributed by atoms with Crippen LogP contribution < -0.4 is 5.32 Å². The normalized spacial score (nSPS) is 28.7. The molecule has 0 saturated carbocycles. The lowest BCUT2D eigenvalue weighted by Gasteiger charge is -2.38. The molecule has 2 rings (SSSR count). The lowest BCUT2D eigenvalue weighted by molar-refractivity contribution is 0.181. The Morgan fingerprint density at radius 3 is 2.39 bits per heavy atom. The van der Waals surface area contributed by atoms with Gasteiger partial charge in [0.05, 0.1) is 0 Å². The van der Waals surface area contributed by atoms with Crippen LogP contribution in [-0.4, -0.2) is 81.3 Å². The maximum absolute atomic E-state index is 12.5. The number of likely N-dealkylation sites (N-methyl/N-ethyl adjacent to an activating group) is 1. The van der Waals surface area contributed by atoms with E-state index in [0.29, 0.717) is 32.2 Å². The van der Waals surface area contributed by atoms with Crippen LogP contribution in [0.2, 0.25) is 0 Å². The zero-order chi connectivity index (χ0) is 13.2. The molecule has 2 aliphatic heterocycles. The van der Waals surface area contributed by atoms with Crippen LogP contribution in [-0.2, 0) is 10.2 Å². The second kappa shape index (κ2) is 5.83. The Morgan fingerprint density at radius 1 is 1.11 bits per heavy atom. The fourth-order valence-electron chi connectivity index (χ4n) is 2.59. The van der Waals surface area contributed by atoms with Gasteiger partial charge in [-0.05, 0) is 26.9 Å². The van der Waals surface area contributed by atoms with E-state index in [1.165, 1.54) is 0 Å². The van der Waals surface area contributed by atoms with E-state index in [2.05, 4.69) is 10.2 Å². The van der Waals surface area contributed by atoms with Crippen LogP contribution in [0.25, 0.3) is 0 Å². The van der Waals surface area contributed by atoms with Gasteiger partial charge in [-0.3, -0.25) is 0 Å². The van der Waals surface area contributed by atoms with Gasteiger partial charge < -0.3 is 10.2 Å². The summed E-state index contributed by atoms with van der Waals surface area (Å²) in [5.41, 5.74) is 0. The molecule has 1 atom stereocenters. The summed E-state index contributed by atoms with van der Waals surface area (Å²) in [6.07, 6.45) is 2.04. The van der Waals surface area contributed by atoms with Crippen molar-refractivity contribution in [2.75, 3.05) is 53.4 Å². The molecule has 7 heteroatoms. The standard InChI is InChI=1S/C11H24N4O2S/c1-13(2)11-4-3-7-15(10-11)18(16,17)14-8-5-12-6-9-14/h11-12H,3-10H2,1-2H3. The number of rotatable bonds is 3. The summed E-state index contributed by atoms with van der Waals surface area (Å²) < 4.78 is 28.3. The van der Waals surface area contributed by atoms with Gasteiger partial charge in [0.25, 0.3) is 10.2 Å². The summed E-state index contributed by atoms with van der Waals surface area (Å²) in [4.78, 5) is 2.12. The smallest absolute Gasteiger partial charge is 0.282 e. The minimum absolute atomic E-state index is 0.344. The highest BCUT2D eigenvalue weighted by Gasteiger charge is 2.34. The molecular weight excluding hydrogens is 252 g/mol. The number of nitrogens with one attached hydrogen (secondary N) is 1. The number of hydrogen-bond donors (Lipinski definition) is 1. The fraction of sp³-hybridized carbons (Fsp3) is 1.00. The lowest BCUT2D eigenvalue weighted by atomic mass is 10.1. The van der Waals surface area contributed by atoms with Gasteiger partial charge in [-0.2, -0.15) is 17.0 Å². The van der Waals surface area contributed by atoms with Crippen LogP contribution in [0.4, 0.5) is 0 Å². The van der Waals surface area contributed by atoms with Crippen molar-refractivity contribution >= 4 is 10.2 Å². The molecule has 0 aromatic heterocycles. The molecule has 2 saturated heterocycles. The van der Waals surface area contributed by atoms with Crippen molar-refractivity contribution in [2.24, 2.45) is 0 Å². The highest BCUT2D eigenvalue weighted by Crippen LogP contribution is 2.19. The average molecular weight is 276 g/mol. The zero-order valence-corrected chi connectivity index (χ0v) is 12.1. The second-order valence-electron chi connectivity index (χ2n) is 5.27. The van der Waals surface area contributed by atoms with Gasteiger partial charge in [-0.15, -0.1) is 0 Å². The van der Waals surface area contributed by atoms with Gasteiger partial charge >= 0.3 is 0 Å². The van der Waals surface area contributed by atoms with Crippen LogP contribution in [0.5, 0.6) is 0 Å². The third kappa shape index (κ3) is 3.03. The van der Waals surface area contributed by atoms with Crippen LogP contribution in [0.1, 0.15) is 12.8 Å². The molecule has 6 nitrogen and oxygen atoms in total. The van der Waals surface area contributed by atoms with Crippen molar-refractivity contribution in [3.05, 3.63) is 0 Å². The molecule has 2 aliphatic rings. The maximum atomic E-state index is 12.5. The molecule has 0 aliphatic carbocycles. The molecule has 1 N–H and O–H groups in total. The molecule has 2 fully saturated rings.